The van der Waals surface area contributed by atoms with E-state index >= 15 is 0 Å². The van der Waals surface area contributed by atoms with Crippen molar-refractivity contribution in [2.24, 2.45) is 0 Å². The van der Waals surface area contributed by atoms with Crippen LogP contribution in [0.2, 0.25) is 0 Å². The molecule has 0 fully saturated rings. The summed E-state index contributed by atoms with van der Waals surface area (Å²) in [5, 5.41) is 0. The van der Waals surface area contributed by atoms with Gasteiger partial charge in [0, 0.05) is 0 Å². The monoisotopic (exact) mass is 334 g/mol. The zero-order valence-electron chi connectivity index (χ0n) is 12.7. The van der Waals surface area contributed by atoms with Gasteiger partial charge in [0.25, 0.3) is 0 Å². The van der Waals surface area contributed by atoms with Crippen LogP contribution in [0.3, 0.4) is 0 Å². The third-order valence-corrected chi connectivity index (χ3v) is 3.66. The first-order chi connectivity index (χ1) is 11.0. The number of hydrogen-bond acceptors (Lipinski definition) is 3. The lowest BCUT2D eigenvalue weighted by Crippen LogP contribution is -2.07. The van der Waals surface area contributed by atoms with Gasteiger partial charge in [0.15, 0.2) is 0 Å². The molecule has 0 radical (unpaired) electrons. The summed E-state index contributed by atoms with van der Waals surface area (Å²) in [6.45, 7) is 1.42. The van der Waals surface area contributed by atoms with E-state index in [0.29, 0.717) is 6.42 Å². The minimum absolute atomic E-state index is 0.633. The molecule has 0 bridgehead atoms. The van der Waals surface area contributed by atoms with Gasteiger partial charge in [-0.1, -0.05) is 54.6 Å². The average Bonchev–Trinajstić information content (AvgIpc) is 2.51. The number of rotatable bonds is 7. The van der Waals surface area contributed by atoms with Crippen molar-refractivity contribution in [3.8, 4) is 11.1 Å². The van der Waals surface area contributed by atoms with Crippen molar-refractivity contribution < 1.29 is 23.6 Å². The van der Waals surface area contributed by atoms with Crippen LogP contribution < -0.4 is 0 Å². The summed E-state index contributed by atoms with van der Waals surface area (Å²) < 4.78 is 20.1. The van der Waals surface area contributed by atoms with Crippen LogP contribution in [0.5, 0.6) is 0 Å². The predicted octanol–water partition coefficient (Wildman–Crippen LogP) is 3.88. The molecule has 1 atom stereocenters. The van der Waals surface area contributed by atoms with Gasteiger partial charge in [-0.3, -0.25) is 0 Å². The van der Waals surface area contributed by atoms with Crippen molar-refractivity contribution in [1.29, 1.82) is 0 Å². The molecular formula is C17H19O5P. The number of phosphoric ester groups is 1. The summed E-state index contributed by atoms with van der Waals surface area (Å²) in [5.74, 6) is 0. The minimum atomic E-state index is -4.54. The van der Waals surface area contributed by atoms with E-state index in [9.17, 15) is 4.57 Å². The number of benzene rings is 2. The third-order valence-electron chi connectivity index (χ3n) is 3.09. The Balaban J connectivity index is 1.99. The Kier molecular flexibility index (Phi) is 6.13. The van der Waals surface area contributed by atoms with Crippen molar-refractivity contribution in [2.75, 3.05) is 0 Å². The second-order valence-electron chi connectivity index (χ2n) is 4.90. The molecule has 0 aliphatic heterocycles. The van der Waals surface area contributed by atoms with E-state index in [4.69, 9.17) is 14.5 Å². The van der Waals surface area contributed by atoms with Crippen molar-refractivity contribution in [3.63, 3.8) is 0 Å². The van der Waals surface area contributed by atoms with Crippen LogP contribution >= 0.6 is 7.82 Å². The van der Waals surface area contributed by atoms with E-state index in [1.807, 2.05) is 36.4 Å². The second-order valence-corrected chi connectivity index (χ2v) is 6.09. The zero-order chi connectivity index (χ0) is 16.7. The summed E-state index contributed by atoms with van der Waals surface area (Å²) in [5.41, 5.74) is 3.40. The first-order valence-electron chi connectivity index (χ1n) is 7.13. The van der Waals surface area contributed by atoms with Gasteiger partial charge >= 0.3 is 7.82 Å². The smallest absolute Gasteiger partial charge is 0.472 e. The van der Waals surface area contributed by atoms with Gasteiger partial charge in [-0.15, -0.1) is 0 Å². The molecule has 5 nitrogen and oxygen atoms in total. The summed E-state index contributed by atoms with van der Waals surface area (Å²) in [7, 11) is -4.54. The number of hydrogen-bond donors (Lipinski definition) is 2. The topological polar surface area (TPSA) is 76.0 Å². The highest BCUT2D eigenvalue weighted by Gasteiger charge is 2.18. The fraction of sp³-hybridized carbons (Fsp3) is 0.176. The lowest BCUT2D eigenvalue weighted by Gasteiger charge is -2.12. The standard InChI is InChI=1S/C17H19O5P/c1-14(22-23(18,19)20)21-13-7-11-16-10-5-6-12-17(16)15-8-3-2-4-9-15/h2-10,12-14H,11H2,1H3,(H2,18,19,20). The van der Waals surface area contributed by atoms with Crippen LogP contribution in [0, 0.1) is 0 Å². The summed E-state index contributed by atoms with van der Waals surface area (Å²) in [4.78, 5) is 17.3. The quantitative estimate of drug-likeness (QED) is 0.456. The Bertz CT molecular complexity index is 693. The second kappa shape index (κ2) is 8.09. The van der Waals surface area contributed by atoms with E-state index in [1.165, 1.54) is 13.2 Å². The lowest BCUT2D eigenvalue weighted by molar-refractivity contribution is -0.0323. The molecule has 0 saturated heterocycles. The molecule has 122 valence electrons. The Hall–Kier alpha value is -1.91. The average molecular weight is 334 g/mol. The highest BCUT2D eigenvalue weighted by Crippen LogP contribution is 2.37. The van der Waals surface area contributed by atoms with Crippen LogP contribution in [0.4, 0.5) is 0 Å². The first kappa shape index (κ1) is 17.4. The maximum Gasteiger partial charge on any atom is 0.472 e. The molecule has 2 N–H and O–H groups in total. The molecule has 2 rings (SSSR count). The molecule has 0 aliphatic carbocycles. The fourth-order valence-electron chi connectivity index (χ4n) is 2.16. The van der Waals surface area contributed by atoms with Crippen LogP contribution in [0.25, 0.3) is 11.1 Å². The molecular weight excluding hydrogens is 315 g/mol. The molecule has 1 unspecified atom stereocenters. The van der Waals surface area contributed by atoms with Crippen LogP contribution in [0.15, 0.2) is 66.9 Å². The summed E-state index contributed by atoms with van der Waals surface area (Å²) in [6.07, 6.45) is 2.79. The van der Waals surface area contributed by atoms with Gasteiger partial charge in [-0.25, -0.2) is 9.09 Å². The van der Waals surface area contributed by atoms with Crippen LogP contribution in [0.1, 0.15) is 12.5 Å². The summed E-state index contributed by atoms with van der Waals surface area (Å²) in [6, 6.07) is 18.1. The van der Waals surface area contributed by atoms with Gasteiger partial charge in [0.1, 0.15) is 0 Å². The van der Waals surface area contributed by atoms with Crippen molar-refractivity contribution >= 4 is 7.82 Å². The molecule has 2 aromatic carbocycles. The Morgan fingerprint density at radius 2 is 1.74 bits per heavy atom. The third kappa shape index (κ3) is 6.00. The van der Waals surface area contributed by atoms with Gasteiger partial charge in [-0.05, 0) is 36.1 Å². The highest BCUT2D eigenvalue weighted by molar-refractivity contribution is 7.46. The SMILES string of the molecule is CC(OC=CCc1ccccc1-c1ccccc1)OP(=O)(O)O. The predicted molar refractivity (Wildman–Crippen MR) is 88.4 cm³/mol. The Morgan fingerprint density at radius 1 is 1.09 bits per heavy atom. The van der Waals surface area contributed by atoms with Gasteiger partial charge < -0.3 is 14.5 Å². The fourth-order valence-corrected chi connectivity index (χ4v) is 2.59. The number of allylic oxidation sites excluding steroid dienone is 1. The van der Waals surface area contributed by atoms with E-state index in [1.54, 1.807) is 6.08 Å². The van der Waals surface area contributed by atoms with Crippen molar-refractivity contribution in [2.45, 2.75) is 19.6 Å². The summed E-state index contributed by atoms with van der Waals surface area (Å²) >= 11 is 0. The maximum absolute atomic E-state index is 10.7. The lowest BCUT2D eigenvalue weighted by atomic mass is 9.98. The number of phosphoric acid groups is 1. The molecule has 23 heavy (non-hydrogen) atoms. The Labute approximate surface area is 135 Å². The molecule has 0 saturated carbocycles. The molecule has 6 heteroatoms. The van der Waals surface area contributed by atoms with E-state index in [-0.39, 0.29) is 0 Å². The van der Waals surface area contributed by atoms with E-state index in [0.717, 1.165) is 16.7 Å². The van der Waals surface area contributed by atoms with Crippen LogP contribution in [-0.2, 0) is 20.2 Å². The van der Waals surface area contributed by atoms with Gasteiger partial charge in [0.05, 0.1) is 6.26 Å². The minimum Gasteiger partial charge on any atom is -0.473 e. The van der Waals surface area contributed by atoms with Crippen molar-refractivity contribution in [3.05, 3.63) is 72.5 Å². The molecule has 0 heterocycles. The molecule has 0 amide bonds. The molecule has 0 spiro atoms. The normalized spacial score (nSPS) is 13.2. The van der Waals surface area contributed by atoms with E-state index < -0.39 is 14.1 Å². The largest absolute Gasteiger partial charge is 0.473 e. The van der Waals surface area contributed by atoms with Crippen LogP contribution in [-0.4, -0.2) is 16.1 Å². The Morgan fingerprint density at radius 3 is 2.43 bits per heavy atom. The first-order valence-corrected chi connectivity index (χ1v) is 8.66. The number of ether oxygens (including phenoxy) is 1. The molecule has 0 aromatic heterocycles. The van der Waals surface area contributed by atoms with Gasteiger partial charge in [0.2, 0.25) is 6.29 Å². The van der Waals surface area contributed by atoms with Gasteiger partial charge in [-0.2, -0.15) is 0 Å². The molecule has 2 aromatic rings. The maximum atomic E-state index is 10.7. The molecule has 0 aliphatic rings. The highest BCUT2D eigenvalue weighted by atomic mass is 31.2. The van der Waals surface area contributed by atoms with Crippen molar-refractivity contribution in [1.82, 2.24) is 0 Å². The van der Waals surface area contributed by atoms with E-state index in [2.05, 4.69) is 22.7 Å². The zero-order valence-corrected chi connectivity index (χ0v) is 13.6.